The predicted octanol–water partition coefficient (Wildman–Crippen LogP) is 2.94. The van der Waals surface area contributed by atoms with Gasteiger partial charge in [0.25, 0.3) is 0 Å². The van der Waals surface area contributed by atoms with E-state index in [0.717, 1.165) is 21.4 Å². The highest BCUT2D eigenvalue weighted by atomic mass is 79.9. The zero-order chi connectivity index (χ0) is 13.3. The van der Waals surface area contributed by atoms with Gasteiger partial charge in [0, 0.05) is 21.3 Å². The average Bonchev–Trinajstić information content (AvgIpc) is 2.59. The first-order chi connectivity index (χ1) is 8.52. The van der Waals surface area contributed by atoms with Crippen molar-refractivity contribution in [1.29, 1.82) is 0 Å². The quantitative estimate of drug-likeness (QED) is 0.946. The number of aliphatic hydroxyl groups is 1. The van der Waals surface area contributed by atoms with Crippen molar-refractivity contribution < 1.29 is 9.50 Å². The van der Waals surface area contributed by atoms with E-state index in [2.05, 4.69) is 21.0 Å². The first-order valence-corrected chi connectivity index (χ1v) is 6.40. The van der Waals surface area contributed by atoms with Gasteiger partial charge in [0.2, 0.25) is 0 Å². The zero-order valence-electron chi connectivity index (χ0n) is 10.2. The van der Waals surface area contributed by atoms with Gasteiger partial charge in [0.1, 0.15) is 5.82 Å². The van der Waals surface area contributed by atoms with Gasteiger partial charge in [-0.25, -0.2) is 4.39 Å². The Morgan fingerprint density at radius 3 is 2.72 bits per heavy atom. The Kier molecular flexibility index (Phi) is 3.82. The lowest BCUT2D eigenvalue weighted by molar-refractivity contribution is 0.280. The first-order valence-electron chi connectivity index (χ1n) is 5.60. The van der Waals surface area contributed by atoms with Crippen molar-refractivity contribution in [1.82, 2.24) is 9.78 Å². The van der Waals surface area contributed by atoms with E-state index in [-0.39, 0.29) is 12.4 Å². The summed E-state index contributed by atoms with van der Waals surface area (Å²) in [5.41, 5.74) is 3.03. The Morgan fingerprint density at radius 2 is 2.11 bits per heavy atom. The topological polar surface area (TPSA) is 38.0 Å². The van der Waals surface area contributed by atoms with Crippen molar-refractivity contribution in [3.8, 4) is 0 Å². The lowest BCUT2D eigenvalue weighted by atomic mass is 10.2. The molecule has 0 bridgehead atoms. The molecule has 0 saturated heterocycles. The van der Waals surface area contributed by atoms with E-state index in [1.54, 1.807) is 16.8 Å². The van der Waals surface area contributed by atoms with Crippen molar-refractivity contribution in [2.24, 2.45) is 0 Å². The van der Waals surface area contributed by atoms with E-state index < -0.39 is 0 Å². The molecule has 5 heteroatoms. The molecule has 1 heterocycles. The molecule has 0 saturated carbocycles. The third-order valence-corrected chi connectivity index (χ3v) is 3.51. The second-order valence-corrected chi connectivity index (χ2v) is 5.12. The van der Waals surface area contributed by atoms with E-state index in [9.17, 15) is 9.50 Å². The summed E-state index contributed by atoms with van der Waals surface area (Å²) in [4.78, 5) is 0. The molecule has 96 valence electrons. The van der Waals surface area contributed by atoms with Crippen LogP contribution in [0, 0.1) is 19.7 Å². The summed E-state index contributed by atoms with van der Waals surface area (Å²) < 4.78 is 16.2. The van der Waals surface area contributed by atoms with E-state index in [0.29, 0.717) is 12.1 Å². The van der Waals surface area contributed by atoms with Crippen LogP contribution >= 0.6 is 15.9 Å². The maximum Gasteiger partial charge on any atom is 0.128 e. The van der Waals surface area contributed by atoms with Crippen LogP contribution in [0.5, 0.6) is 0 Å². The Bertz CT molecular complexity index is 581. The molecular weight excluding hydrogens is 299 g/mol. The molecule has 1 aromatic heterocycles. The van der Waals surface area contributed by atoms with Crippen LogP contribution in [0.2, 0.25) is 0 Å². The van der Waals surface area contributed by atoms with E-state index >= 15 is 0 Å². The molecule has 0 spiro atoms. The third kappa shape index (κ3) is 2.47. The number of benzene rings is 1. The number of aryl methyl sites for hydroxylation is 1. The maximum atomic E-state index is 13.7. The normalized spacial score (nSPS) is 10.9. The Hall–Kier alpha value is -1.20. The molecular formula is C13H14BrFN2O. The van der Waals surface area contributed by atoms with Crippen LogP contribution in [-0.4, -0.2) is 14.9 Å². The highest BCUT2D eigenvalue weighted by molar-refractivity contribution is 9.10. The van der Waals surface area contributed by atoms with Gasteiger partial charge in [-0.15, -0.1) is 0 Å². The fourth-order valence-electron chi connectivity index (χ4n) is 1.94. The van der Waals surface area contributed by atoms with Crippen LogP contribution in [0.15, 0.2) is 22.7 Å². The molecule has 0 radical (unpaired) electrons. The number of hydrogen-bond acceptors (Lipinski definition) is 2. The molecule has 0 aliphatic rings. The second kappa shape index (κ2) is 5.20. The van der Waals surface area contributed by atoms with Gasteiger partial charge >= 0.3 is 0 Å². The van der Waals surface area contributed by atoms with Crippen LogP contribution in [0.1, 0.15) is 22.5 Å². The first kappa shape index (κ1) is 13.2. The van der Waals surface area contributed by atoms with Gasteiger partial charge in [0.15, 0.2) is 0 Å². The Balaban J connectivity index is 2.37. The van der Waals surface area contributed by atoms with Gasteiger partial charge in [-0.05, 0) is 32.0 Å². The van der Waals surface area contributed by atoms with Gasteiger partial charge < -0.3 is 5.11 Å². The minimum atomic E-state index is -0.253. The molecule has 0 amide bonds. The number of hydrogen-bond donors (Lipinski definition) is 1. The fourth-order valence-corrected chi connectivity index (χ4v) is 2.35. The molecule has 0 unspecified atom stereocenters. The summed E-state index contributed by atoms with van der Waals surface area (Å²) in [5.74, 6) is -0.253. The second-order valence-electron chi connectivity index (χ2n) is 4.20. The summed E-state index contributed by atoms with van der Waals surface area (Å²) in [6.07, 6.45) is 0. The number of nitrogens with zero attached hydrogens (tertiary/aromatic N) is 2. The monoisotopic (exact) mass is 312 g/mol. The van der Waals surface area contributed by atoms with Gasteiger partial charge in [0.05, 0.1) is 18.8 Å². The number of aliphatic hydroxyl groups excluding tert-OH is 1. The zero-order valence-corrected chi connectivity index (χ0v) is 11.8. The molecule has 3 nitrogen and oxygen atoms in total. The Morgan fingerprint density at radius 1 is 1.39 bits per heavy atom. The minimum Gasteiger partial charge on any atom is -0.392 e. The van der Waals surface area contributed by atoms with Gasteiger partial charge in [-0.1, -0.05) is 15.9 Å². The van der Waals surface area contributed by atoms with Crippen LogP contribution in [0.4, 0.5) is 4.39 Å². The smallest absolute Gasteiger partial charge is 0.128 e. The summed E-state index contributed by atoms with van der Waals surface area (Å²) >= 11 is 3.33. The predicted molar refractivity (Wildman–Crippen MR) is 70.8 cm³/mol. The SMILES string of the molecule is Cc1nn(Cc2cc(Br)ccc2F)c(C)c1CO. The molecule has 0 atom stereocenters. The molecule has 2 aromatic rings. The van der Waals surface area contributed by atoms with Crippen LogP contribution < -0.4 is 0 Å². The lowest BCUT2D eigenvalue weighted by Crippen LogP contribution is -2.06. The lowest BCUT2D eigenvalue weighted by Gasteiger charge is -2.07. The highest BCUT2D eigenvalue weighted by Gasteiger charge is 2.12. The van der Waals surface area contributed by atoms with Crippen LogP contribution in [0.3, 0.4) is 0 Å². The molecule has 0 fully saturated rings. The number of halogens is 2. The molecule has 0 aliphatic heterocycles. The Labute approximate surface area is 113 Å². The van der Waals surface area contributed by atoms with Crippen molar-refractivity contribution in [3.63, 3.8) is 0 Å². The van der Waals surface area contributed by atoms with Gasteiger partial charge in [-0.2, -0.15) is 5.10 Å². The number of aromatic nitrogens is 2. The molecule has 2 rings (SSSR count). The number of rotatable bonds is 3. The summed E-state index contributed by atoms with van der Waals surface area (Å²) in [7, 11) is 0. The third-order valence-electron chi connectivity index (χ3n) is 3.02. The van der Waals surface area contributed by atoms with Crippen LogP contribution in [-0.2, 0) is 13.2 Å². The molecule has 1 aromatic carbocycles. The van der Waals surface area contributed by atoms with E-state index in [4.69, 9.17) is 0 Å². The maximum absolute atomic E-state index is 13.7. The van der Waals surface area contributed by atoms with Gasteiger partial charge in [-0.3, -0.25) is 4.68 Å². The van der Waals surface area contributed by atoms with Crippen molar-refractivity contribution >= 4 is 15.9 Å². The van der Waals surface area contributed by atoms with Crippen molar-refractivity contribution in [2.75, 3.05) is 0 Å². The van der Waals surface area contributed by atoms with E-state index in [1.807, 2.05) is 13.8 Å². The average molecular weight is 313 g/mol. The fraction of sp³-hybridized carbons (Fsp3) is 0.308. The molecule has 18 heavy (non-hydrogen) atoms. The molecule has 0 aliphatic carbocycles. The largest absolute Gasteiger partial charge is 0.392 e. The van der Waals surface area contributed by atoms with Crippen LogP contribution in [0.25, 0.3) is 0 Å². The van der Waals surface area contributed by atoms with Crippen molar-refractivity contribution in [3.05, 3.63) is 51.0 Å². The minimum absolute atomic E-state index is 0.0430. The standard InChI is InChI=1S/C13H14BrFN2O/c1-8-12(7-18)9(2)17(16-8)6-10-5-11(14)3-4-13(10)15/h3-5,18H,6-7H2,1-2H3. The van der Waals surface area contributed by atoms with E-state index in [1.165, 1.54) is 6.07 Å². The summed E-state index contributed by atoms with van der Waals surface area (Å²) in [6.45, 7) is 4.03. The highest BCUT2D eigenvalue weighted by Crippen LogP contribution is 2.19. The summed E-state index contributed by atoms with van der Waals surface area (Å²) in [5, 5.41) is 13.6. The molecule has 1 N–H and O–H groups in total. The van der Waals surface area contributed by atoms with Crippen molar-refractivity contribution in [2.45, 2.75) is 27.0 Å². The summed E-state index contributed by atoms with van der Waals surface area (Å²) in [6, 6.07) is 4.83.